The highest BCUT2D eigenvalue weighted by molar-refractivity contribution is 5.89. The largest absolute Gasteiger partial charge is 0.465 e. The summed E-state index contributed by atoms with van der Waals surface area (Å²) in [5.74, 6) is 0.884. The van der Waals surface area contributed by atoms with Crippen LogP contribution in [-0.2, 0) is 11.3 Å². The molecule has 3 rings (SSSR count). The van der Waals surface area contributed by atoms with Crippen LogP contribution in [0.25, 0.3) is 0 Å². The quantitative estimate of drug-likeness (QED) is 0.639. The number of aryl methyl sites for hydroxylation is 2. The number of methoxy groups -OCH3 is 1. The maximum atomic E-state index is 11.5. The topological polar surface area (TPSA) is 76.1 Å². The number of aromatic nitrogens is 2. The summed E-state index contributed by atoms with van der Waals surface area (Å²) in [6.45, 7) is 4.66. The van der Waals surface area contributed by atoms with Crippen LogP contribution in [-0.4, -0.2) is 23.0 Å². The van der Waals surface area contributed by atoms with Crippen LogP contribution in [0.3, 0.4) is 0 Å². The van der Waals surface area contributed by atoms with Crippen molar-refractivity contribution in [2.45, 2.75) is 20.4 Å². The summed E-state index contributed by atoms with van der Waals surface area (Å²) in [5, 5.41) is 6.51. The molecule has 0 amide bonds. The molecule has 138 valence electrons. The van der Waals surface area contributed by atoms with Crippen molar-refractivity contribution in [2.24, 2.45) is 0 Å². The van der Waals surface area contributed by atoms with Crippen LogP contribution in [0.15, 0.2) is 54.6 Å². The first-order valence-electron chi connectivity index (χ1n) is 8.64. The number of carbonyl (C=O) groups excluding carboxylic acids is 1. The lowest BCUT2D eigenvalue weighted by atomic mass is 10.1. The van der Waals surface area contributed by atoms with Crippen molar-refractivity contribution in [1.82, 2.24) is 9.97 Å². The maximum absolute atomic E-state index is 11.5. The summed E-state index contributed by atoms with van der Waals surface area (Å²) in [6, 6.07) is 17.1. The van der Waals surface area contributed by atoms with Crippen molar-refractivity contribution in [3.8, 4) is 0 Å². The molecule has 0 aliphatic heterocycles. The lowest BCUT2D eigenvalue weighted by Crippen LogP contribution is -2.07. The molecule has 0 fully saturated rings. The number of nitrogens with zero attached hydrogens (tertiary/aromatic N) is 2. The van der Waals surface area contributed by atoms with Gasteiger partial charge in [0.2, 0.25) is 5.95 Å². The zero-order valence-corrected chi connectivity index (χ0v) is 15.6. The van der Waals surface area contributed by atoms with E-state index >= 15 is 0 Å². The van der Waals surface area contributed by atoms with Gasteiger partial charge in [0.25, 0.3) is 0 Å². The Morgan fingerprint density at radius 3 is 2.48 bits per heavy atom. The van der Waals surface area contributed by atoms with Crippen molar-refractivity contribution in [2.75, 3.05) is 17.7 Å². The van der Waals surface area contributed by atoms with Crippen molar-refractivity contribution < 1.29 is 9.53 Å². The molecule has 6 nitrogen and oxygen atoms in total. The number of anilines is 3. The number of ether oxygens (including phenoxy) is 1. The third-order valence-corrected chi connectivity index (χ3v) is 4.13. The van der Waals surface area contributed by atoms with Crippen LogP contribution in [0.5, 0.6) is 0 Å². The van der Waals surface area contributed by atoms with Gasteiger partial charge in [-0.3, -0.25) is 0 Å². The molecule has 27 heavy (non-hydrogen) atoms. The van der Waals surface area contributed by atoms with Crippen molar-refractivity contribution in [3.63, 3.8) is 0 Å². The SMILES string of the molecule is COC(=O)c1ccc(Nc2cc(C)nc(NCc3ccccc3C)n2)cc1. The summed E-state index contributed by atoms with van der Waals surface area (Å²) < 4.78 is 4.71. The Bertz CT molecular complexity index is 939. The fourth-order valence-electron chi connectivity index (χ4n) is 2.65. The third kappa shape index (κ3) is 4.82. The van der Waals surface area contributed by atoms with E-state index in [1.807, 2.05) is 37.3 Å². The molecule has 0 aliphatic carbocycles. The molecule has 0 aliphatic rings. The van der Waals surface area contributed by atoms with Gasteiger partial charge in [-0.25, -0.2) is 9.78 Å². The fourth-order valence-corrected chi connectivity index (χ4v) is 2.65. The van der Waals surface area contributed by atoms with E-state index in [9.17, 15) is 4.79 Å². The van der Waals surface area contributed by atoms with E-state index in [4.69, 9.17) is 4.74 Å². The van der Waals surface area contributed by atoms with E-state index in [2.05, 4.69) is 39.7 Å². The van der Waals surface area contributed by atoms with Crippen molar-refractivity contribution in [1.29, 1.82) is 0 Å². The number of nitrogens with one attached hydrogen (secondary N) is 2. The standard InChI is InChI=1S/C21H22N4O2/c1-14-6-4-5-7-17(14)13-22-21-23-15(2)12-19(25-21)24-18-10-8-16(9-11-18)20(26)27-3/h4-12H,13H2,1-3H3,(H2,22,23,24,25). The molecule has 6 heteroatoms. The van der Waals surface area contributed by atoms with Gasteiger partial charge in [-0.1, -0.05) is 24.3 Å². The maximum Gasteiger partial charge on any atom is 0.337 e. The first-order chi connectivity index (χ1) is 13.0. The fraction of sp³-hybridized carbons (Fsp3) is 0.190. The van der Waals surface area contributed by atoms with E-state index in [0.29, 0.717) is 23.9 Å². The molecule has 0 radical (unpaired) electrons. The molecular formula is C21H22N4O2. The van der Waals surface area contributed by atoms with Gasteiger partial charge in [0.05, 0.1) is 12.7 Å². The van der Waals surface area contributed by atoms with E-state index < -0.39 is 0 Å². The summed E-state index contributed by atoms with van der Waals surface area (Å²) in [5.41, 5.74) is 4.61. The van der Waals surface area contributed by atoms with Gasteiger partial charge in [-0.2, -0.15) is 4.98 Å². The summed E-state index contributed by atoms with van der Waals surface area (Å²) >= 11 is 0. The van der Waals surface area contributed by atoms with Gasteiger partial charge in [0.1, 0.15) is 5.82 Å². The minimum atomic E-state index is -0.359. The second-order valence-corrected chi connectivity index (χ2v) is 6.19. The molecule has 3 aromatic rings. The number of benzene rings is 2. The van der Waals surface area contributed by atoms with Crippen LogP contribution < -0.4 is 10.6 Å². The molecule has 1 aromatic heterocycles. The predicted octanol–water partition coefficient (Wildman–Crippen LogP) is 4.24. The van der Waals surface area contributed by atoms with Crippen molar-refractivity contribution in [3.05, 3.63) is 77.0 Å². The Hall–Kier alpha value is -3.41. The summed E-state index contributed by atoms with van der Waals surface area (Å²) in [4.78, 5) is 20.5. The Labute approximate surface area is 158 Å². The van der Waals surface area contributed by atoms with E-state index in [1.54, 1.807) is 12.1 Å². The molecule has 0 unspecified atom stereocenters. The van der Waals surface area contributed by atoms with Gasteiger partial charge in [0, 0.05) is 24.0 Å². The third-order valence-electron chi connectivity index (χ3n) is 4.13. The number of esters is 1. The van der Waals surface area contributed by atoms with Crippen LogP contribution >= 0.6 is 0 Å². The second-order valence-electron chi connectivity index (χ2n) is 6.19. The summed E-state index contributed by atoms with van der Waals surface area (Å²) in [7, 11) is 1.36. The number of hydrogen-bond donors (Lipinski definition) is 2. The lowest BCUT2D eigenvalue weighted by molar-refractivity contribution is 0.0601. The molecular weight excluding hydrogens is 340 g/mol. The normalized spacial score (nSPS) is 10.3. The van der Waals surface area contributed by atoms with E-state index in [1.165, 1.54) is 18.2 Å². The van der Waals surface area contributed by atoms with Crippen LogP contribution in [0.1, 0.15) is 27.2 Å². The zero-order chi connectivity index (χ0) is 19.2. The molecule has 1 heterocycles. The lowest BCUT2D eigenvalue weighted by Gasteiger charge is -2.11. The Morgan fingerprint density at radius 1 is 1.04 bits per heavy atom. The highest BCUT2D eigenvalue weighted by Gasteiger charge is 2.06. The number of rotatable bonds is 6. The molecule has 0 saturated carbocycles. The molecule has 2 N–H and O–H groups in total. The van der Waals surface area contributed by atoms with Crippen molar-refractivity contribution >= 4 is 23.4 Å². The Kier molecular flexibility index (Phi) is 5.66. The zero-order valence-electron chi connectivity index (χ0n) is 15.6. The van der Waals surface area contributed by atoms with Gasteiger partial charge >= 0.3 is 5.97 Å². The number of hydrogen-bond acceptors (Lipinski definition) is 6. The molecule has 0 atom stereocenters. The highest BCUT2D eigenvalue weighted by atomic mass is 16.5. The van der Waals surface area contributed by atoms with Gasteiger partial charge in [-0.15, -0.1) is 0 Å². The van der Waals surface area contributed by atoms with Gasteiger partial charge < -0.3 is 15.4 Å². The Balaban J connectivity index is 1.71. The predicted molar refractivity (Wildman–Crippen MR) is 106 cm³/mol. The van der Waals surface area contributed by atoms with Crippen LogP contribution in [0, 0.1) is 13.8 Å². The Morgan fingerprint density at radius 2 is 1.78 bits per heavy atom. The van der Waals surface area contributed by atoms with E-state index in [0.717, 1.165) is 11.4 Å². The second kappa shape index (κ2) is 8.31. The summed E-state index contributed by atoms with van der Waals surface area (Å²) in [6.07, 6.45) is 0. The molecule has 2 aromatic carbocycles. The monoisotopic (exact) mass is 362 g/mol. The number of carbonyl (C=O) groups is 1. The molecule has 0 spiro atoms. The first-order valence-corrected chi connectivity index (χ1v) is 8.64. The smallest absolute Gasteiger partial charge is 0.337 e. The highest BCUT2D eigenvalue weighted by Crippen LogP contribution is 2.18. The minimum Gasteiger partial charge on any atom is -0.465 e. The average Bonchev–Trinajstić information content (AvgIpc) is 2.67. The van der Waals surface area contributed by atoms with Gasteiger partial charge in [-0.05, 0) is 49.2 Å². The first kappa shape index (κ1) is 18.4. The van der Waals surface area contributed by atoms with Crippen LogP contribution in [0.4, 0.5) is 17.5 Å². The molecule has 0 saturated heterocycles. The minimum absolute atomic E-state index is 0.359. The average molecular weight is 362 g/mol. The molecule has 0 bridgehead atoms. The van der Waals surface area contributed by atoms with Gasteiger partial charge in [0.15, 0.2) is 0 Å². The van der Waals surface area contributed by atoms with E-state index in [-0.39, 0.29) is 5.97 Å². The van der Waals surface area contributed by atoms with Crippen LogP contribution in [0.2, 0.25) is 0 Å².